The molecular weight excluding hydrogens is 625 g/mol. The molecule has 242 valence electrons. The van der Waals surface area contributed by atoms with E-state index in [1.54, 1.807) is 0 Å². The van der Waals surface area contributed by atoms with Crippen LogP contribution >= 0.6 is 0 Å². The van der Waals surface area contributed by atoms with Crippen molar-refractivity contribution in [3.63, 3.8) is 0 Å². The second kappa shape index (κ2) is 11.2. The van der Waals surface area contributed by atoms with E-state index in [-0.39, 0.29) is 6.71 Å². The number of nitrogens with zero attached hydrogens (tertiary/aromatic N) is 1. The molecule has 8 aromatic rings. The molecule has 0 spiro atoms. The van der Waals surface area contributed by atoms with E-state index in [0.29, 0.717) is 0 Å². The van der Waals surface area contributed by atoms with Gasteiger partial charge < -0.3 is 18.8 Å². The van der Waals surface area contributed by atoms with Gasteiger partial charge >= 0.3 is 0 Å². The molecule has 0 bridgehead atoms. The highest BCUT2D eigenvalue weighted by Gasteiger charge is 2.41. The predicted molar refractivity (Wildman–Crippen MR) is 208 cm³/mol. The van der Waals surface area contributed by atoms with E-state index in [1.807, 2.05) is 18.2 Å². The Balaban J connectivity index is 1.22. The number of fused-ring (bicyclic) bond motifs is 8. The van der Waals surface area contributed by atoms with Gasteiger partial charge in [-0.3, -0.25) is 0 Å². The number of hydrogen-bond acceptors (Lipinski definition) is 4. The molecule has 1 aromatic heterocycles. The van der Waals surface area contributed by atoms with E-state index in [9.17, 15) is 0 Å². The van der Waals surface area contributed by atoms with Crippen LogP contribution in [0, 0.1) is 0 Å². The van der Waals surface area contributed by atoms with Crippen LogP contribution in [-0.2, 0) is 12.8 Å². The van der Waals surface area contributed by atoms with Gasteiger partial charge in [0.1, 0.15) is 28.6 Å². The summed E-state index contributed by atoms with van der Waals surface area (Å²) in [4.78, 5) is 2.38. The van der Waals surface area contributed by atoms with Crippen molar-refractivity contribution < 1.29 is 13.9 Å². The van der Waals surface area contributed by atoms with Crippen LogP contribution in [0.2, 0.25) is 0 Å². The first-order valence-corrected chi connectivity index (χ1v) is 17.9. The zero-order valence-corrected chi connectivity index (χ0v) is 27.9. The molecule has 0 saturated carbocycles. The molecule has 1 aliphatic carbocycles. The molecule has 0 fully saturated rings. The van der Waals surface area contributed by atoms with E-state index in [2.05, 4.69) is 132 Å². The van der Waals surface area contributed by atoms with Crippen LogP contribution in [0.25, 0.3) is 33.1 Å². The van der Waals surface area contributed by atoms with Crippen molar-refractivity contribution in [2.45, 2.75) is 25.7 Å². The highest BCUT2D eigenvalue weighted by Crippen LogP contribution is 2.49. The van der Waals surface area contributed by atoms with Crippen LogP contribution in [-0.4, -0.2) is 6.71 Å². The maximum atomic E-state index is 6.81. The van der Waals surface area contributed by atoms with E-state index in [4.69, 9.17) is 13.9 Å². The summed E-state index contributed by atoms with van der Waals surface area (Å²) in [6.45, 7) is 0.00910. The third-order valence-corrected chi connectivity index (χ3v) is 10.9. The molecule has 0 unspecified atom stereocenters. The van der Waals surface area contributed by atoms with Gasteiger partial charge in [0.25, 0.3) is 6.71 Å². The predicted octanol–water partition coefficient (Wildman–Crippen LogP) is 10.3. The Hall–Kier alpha value is -6.20. The Morgan fingerprint density at radius 2 is 1.14 bits per heavy atom. The fourth-order valence-electron chi connectivity index (χ4n) is 8.63. The SMILES string of the molecule is c1ccc(-c2cc3c(cc2N(c2cc4c5c(c2)Oc2ccccc2B5c2ccccc2O4)c2cccc4c2oc2ccccc24)CCCC3)cc1. The number of anilines is 3. The Morgan fingerprint density at radius 1 is 0.510 bits per heavy atom. The number of hydrogen-bond donors (Lipinski definition) is 0. The molecule has 0 amide bonds. The molecule has 0 atom stereocenters. The minimum absolute atomic E-state index is 0.00910. The van der Waals surface area contributed by atoms with Crippen molar-refractivity contribution in [3.05, 3.63) is 157 Å². The highest BCUT2D eigenvalue weighted by atomic mass is 16.5. The average molecular weight is 658 g/mol. The summed E-state index contributed by atoms with van der Waals surface area (Å²) >= 11 is 0. The van der Waals surface area contributed by atoms with Crippen LogP contribution in [0.15, 0.2) is 150 Å². The van der Waals surface area contributed by atoms with Gasteiger partial charge in [-0.05, 0) is 89.7 Å². The van der Waals surface area contributed by atoms with Gasteiger partial charge in [-0.2, -0.15) is 0 Å². The first kappa shape index (κ1) is 28.6. The van der Waals surface area contributed by atoms with Gasteiger partial charge in [0.15, 0.2) is 5.58 Å². The molecule has 7 aromatic carbocycles. The Morgan fingerprint density at radius 3 is 1.88 bits per heavy atom. The number of rotatable bonds is 4. The Kier molecular flexibility index (Phi) is 6.26. The molecule has 0 radical (unpaired) electrons. The second-order valence-electron chi connectivity index (χ2n) is 13.9. The van der Waals surface area contributed by atoms with E-state index in [1.165, 1.54) is 35.1 Å². The minimum Gasteiger partial charge on any atom is -0.458 e. The number of para-hydroxylation sites is 4. The van der Waals surface area contributed by atoms with Crippen LogP contribution in [0.3, 0.4) is 0 Å². The van der Waals surface area contributed by atoms with Crippen molar-refractivity contribution in [2.24, 2.45) is 0 Å². The molecule has 0 saturated heterocycles. The van der Waals surface area contributed by atoms with Crippen molar-refractivity contribution in [3.8, 4) is 34.1 Å². The summed E-state index contributed by atoms with van der Waals surface area (Å²) in [5, 5.41) is 2.19. The summed E-state index contributed by atoms with van der Waals surface area (Å²) in [5.41, 5.74) is 13.3. The van der Waals surface area contributed by atoms with Gasteiger partial charge in [0.2, 0.25) is 0 Å². The van der Waals surface area contributed by atoms with Gasteiger partial charge in [-0.25, -0.2) is 0 Å². The first-order valence-electron chi connectivity index (χ1n) is 17.9. The molecule has 11 rings (SSSR count). The standard InChI is InChI=1S/C46H32BNO3/c1-2-13-29(14-3-1)35-25-30-15-4-5-16-31(30)26-39(35)48(38-21-12-18-34-33-17-6-9-22-40(33)51-46(34)38)32-27-43-45-44(28-32)50-42-24-11-8-20-37(42)47(45)36-19-7-10-23-41(36)49-43/h1-3,6-14,17-28H,4-5,15-16H2. The normalized spacial score (nSPS) is 13.8. The topological polar surface area (TPSA) is 34.8 Å². The number of benzene rings is 7. The number of furan rings is 1. The lowest BCUT2D eigenvalue weighted by Gasteiger charge is -2.35. The summed E-state index contributed by atoms with van der Waals surface area (Å²) in [6.07, 6.45) is 4.58. The van der Waals surface area contributed by atoms with Gasteiger partial charge in [0.05, 0.1) is 17.1 Å². The quantitative estimate of drug-likeness (QED) is 0.177. The maximum absolute atomic E-state index is 6.81. The summed E-state index contributed by atoms with van der Waals surface area (Å²) in [5.74, 6) is 3.36. The monoisotopic (exact) mass is 657 g/mol. The lowest BCUT2D eigenvalue weighted by Crippen LogP contribution is -2.57. The summed E-state index contributed by atoms with van der Waals surface area (Å²) in [7, 11) is 0. The molecule has 4 nitrogen and oxygen atoms in total. The largest absolute Gasteiger partial charge is 0.458 e. The second-order valence-corrected chi connectivity index (χ2v) is 13.9. The fraction of sp³-hybridized carbons (Fsp3) is 0.0870. The zero-order valence-electron chi connectivity index (χ0n) is 27.9. The van der Waals surface area contributed by atoms with Crippen molar-refractivity contribution >= 4 is 62.1 Å². The van der Waals surface area contributed by atoms with Crippen LogP contribution in [0.1, 0.15) is 24.0 Å². The van der Waals surface area contributed by atoms with Gasteiger partial charge in [0, 0.05) is 33.9 Å². The van der Waals surface area contributed by atoms with Gasteiger partial charge in [-0.1, -0.05) is 97.1 Å². The number of aryl methyl sites for hydroxylation is 2. The summed E-state index contributed by atoms with van der Waals surface area (Å²) < 4.78 is 20.4. The highest BCUT2D eigenvalue weighted by molar-refractivity contribution is 6.98. The van der Waals surface area contributed by atoms with E-state index in [0.717, 1.165) is 91.2 Å². The maximum Gasteiger partial charge on any atom is 0.260 e. The van der Waals surface area contributed by atoms with Crippen molar-refractivity contribution in [1.82, 2.24) is 0 Å². The Bertz CT molecular complexity index is 2610. The molecular formula is C46H32BNO3. The molecule has 2 aliphatic heterocycles. The van der Waals surface area contributed by atoms with Crippen LogP contribution < -0.4 is 30.8 Å². The number of ether oxygens (including phenoxy) is 2. The molecule has 51 heavy (non-hydrogen) atoms. The third-order valence-electron chi connectivity index (χ3n) is 10.9. The fourth-order valence-corrected chi connectivity index (χ4v) is 8.63. The molecule has 3 aliphatic rings. The third kappa shape index (κ3) is 4.41. The van der Waals surface area contributed by atoms with Gasteiger partial charge in [-0.15, -0.1) is 0 Å². The lowest BCUT2D eigenvalue weighted by molar-refractivity contribution is 0.465. The zero-order chi connectivity index (χ0) is 33.5. The Labute approximate surface area is 296 Å². The van der Waals surface area contributed by atoms with Crippen molar-refractivity contribution in [1.29, 1.82) is 0 Å². The lowest BCUT2D eigenvalue weighted by atomic mass is 9.35. The van der Waals surface area contributed by atoms with E-state index < -0.39 is 0 Å². The molecule has 5 heteroatoms. The van der Waals surface area contributed by atoms with Crippen LogP contribution in [0.4, 0.5) is 17.1 Å². The van der Waals surface area contributed by atoms with E-state index >= 15 is 0 Å². The first-order chi connectivity index (χ1) is 25.3. The average Bonchev–Trinajstić information content (AvgIpc) is 3.57. The molecule has 0 N–H and O–H groups in total. The summed E-state index contributed by atoms with van der Waals surface area (Å²) in [6, 6.07) is 51.6. The smallest absolute Gasteiger partial charge is 0.260 e. The minimum atomic E-state index is 0.00910. The van der Waals surface area contributed by atoms with Crippen LogP contribution in [0.5, 0.6) is 23.0 Å². The molecule has 3 heterocycles. The van der Waals surface area contributed by atoms with Crippen molar-refractivity contribution in [2.75, 3.05) is 4.90 Å².